The molecule has 2 aliphatic heterocycles. The summed E-state index contributed by atoms with van der Waals surface area (Å²) >= 11 is 0. The first-order valence-electron chi connectivity index (χ1n) is 15.5. The molecule has 0 aromatic heterocycles. The highest BCUT2D eigenvalue weighted by atomic mass is 16.5. The van der Waals surface area contributed by atoms with E-state index < -0.39 is 17.7 Å². The zero-order valence-electron chi connectivity index (χ0n) is 25.4. The van der Waals surface area contributed by atoms with Crippen molar-refractivity contribution in [3.63, 3.8) is 0 Å². The number of ketones is 1. The predicted molar refractivity (Wildman–Crippen MR) is 164 cm³/mol. The number of morpholine rings is 1. The Hall–Kier alpha value is -3.36. The lowest BCUT2D eigenvalue weighted by molar-refractivity contribution is -0.140. The number of aliphatic hydroxyl groups excluding tert-OH is 1. The van der Waals surface area contributed by atoms with E-state index >= 15 is 0 Å². The van der Waals surface area contributed by atoms with Crippen molar-refractivity contribution in [3.8, 4) is 11.5 Å². The maximum absolute atomic E-state index is 13.5. The molecule has 4 rings (SSSR count). The Balaban J connectivity index is 1.61. The summed E-state index contributed by atoms with van der Waals surface area (Å²) in [6.45, 7) is 11.8. The number of hydrogen-bond donors (Lipinski definition) is 1. The highest BCUT2D eigenvalue weighted by molar-refractivity contribution is 6.46. The van der Waals surface area contributed by atoms with Crippen LogP contribution >= 0.6 is 0 Å². The molecule has 0 radical (unpaired) electrons. The topological polar surface area (TPSA) is 88.5 Å². The zero-order chi connectivity index (χ0) is 29.9. The summed E-state index contributed by atoms with van der Waals surface area (Å²) < 4.78 is 17.2. The highest BCUT2D eigenvalue weighted by Crippen LogP contribution is 2.40. The lowest BCUT2D eigenvalue weighted by Crippen LogP contribution is -2.38. The van der Waals surface area contributed by atoms with Gasteiger partial charge in [-0.3, -0.25) is 14.5 Å². The molecule has 1 N–H and O–H groups in total. The maximum Gasteiger partial charge on any atom is 0.295 e. The van der Waals surface area contributed by atoms with Crippen LogP contribution in [-0.2, 0) is 14.3 Å². The van der Waals surface area contributed by atoms with Gasteiger partial charge in [0.25, 0.3) is 11.7 Å². The number of carbonyl (C=O) groups excluding carboxylic acids is 2. The van der Waals surface area contributed by atoms with Crippen LogP contribution in [0.25, 0.3) is 5.76 Å². The molecule has 1 atom stereocenters. The van der Waals surface area contributed by atoms with Crippen LogP contribution in [0.5, 0.6) is 11.5 Å². The molecule has 8 nitrogen and oxygen atoms in total. The number of unbranched alkanes of at least 4 members (excludes halogenated alkanes) is 3. The van der Waals surface area contributed by atoms with Crippen LogP contribution in [0.15, 0.2) is 48.0 Å². The van der Waals surface area contributed by atoms with Crippen molar-refractivity contribution in [3.05, 3.63) is 64.7 Å². The van der Waals surface area contributed by atoms with Crippen molar-refractivity contribution < 1.29 is 28.9 Å². The monoisotopic (exact) mass is 578 g/mol. The minimum atomic E-state index is -0.690. The summed E-state index contributed by atoms with van der Waals surface area (Å²) in [7, 11) is 0. The molecule has 0 saturated carbocycles. The molecule has 2 aromatic rings. The number of ether oxygens (including phenoxy) is 3. The quantitative estimate of drug-likeness (QED) is 0.122. The highest BCUT2D eigenvalue weighted by Gasteiger charge is 2.45. The number of benzene rings is 2. The lowest BCUT2D eigenvalue weighted by atomic mass is 9.94. The molecule has 1 unspecified atom stereocenters. The second-order valence-electron chi connectivity index (χ2n) is 11.1. The number of nitrogens with zero attached hydrogens (tertiary/aromatic N) is 2. The normalized spacial score (nSPS) is 18.9. The van der Waals surface area contributed by atoms with Gasteiger partial charge in [-0.15, -0.1) is 0 Å². The van der Waals surface area contributed by atoms with Crippen molar-refractivity contribution >= 4 is 17.4 Å². The average molecular weight is 579 g/mol. The second kappa shape index (κ2) is 15.8. The van der Waals surface area contributed by atoms with Gasteiger partial charge in [-0.25, -0.2) is 0 Å². The molecular weight excluding hydrogens is 532 g/mol. The number of hydrogen-bond acceptors (Lipinski definition) is 7. The van der Waals surface area contributed by atoms with Crippen LogP contribution in [0.4, 0.5) is 0 Å². The van der Waals surface area contributed by atoms with Crippen LogP contribution in [-0.4, -0.2) is 79.2 Å². The van der Waals surface area contributed by atoms with Gasteiger partial charge in [-0.05, 0) is 67.6 Å². The predicted octanol–water partition coefficient (Wildman–Crippen LogP) is 5.89. The van der Waals surface area contributed by atoms with Crippen molar-refractivity contribution in [1.82, 2.24) is 9.80 Å². The van der Waals surface area contributed by atoms with E-state index in [0.717, 1.165) is 74.4 Å². The molecule has 0 aliphatic carbocycles. The first-order valence-corrected chi connectivity index (χ1v) is 15.5. The minimum absolute atomic E-state index is 0.113. The van der Waals surface area contributed by atoms with E-state index in [4.69, 9.17) is 14.2 Å². The smallest absolute Gasteiger partial charge is 0.295 e. The number of Topliss-reactive ketones (excluding diaryl/α,β-unsaturated/α-hetero) is 1. The Morgan fingerprint density at radius 3 is 2.31 bits per heavy atom. The molecule has 2 aromatic carbocycles. The van der Waals surface area contributed by atoms with Gasteiger partial charge in [0, 0.05) is 31.7 Å². The second-order valence-corrected chi connectivity index (χ2v) is 11.1. The first kappa shape index (κ1) is 31.6. The van der Waals surface area contributed by atoms with Gasteiger partial charge in [0.1, 0.15) is 17.3 Å². The standard InChI is InChI=1S/C34H46N2O6/c1-4-6-8-21-41-28-13-10-26(11-14-28)31-30(32(37)27-12-15-29(25(3)24-27)42-20-7-5-2)33(38)34(39)36(31)17-9-16-35-18-22-40-23-19-35/h10-15,24,31,37H,4-9,16-23H2,1-3H3/b32-30+. The number of aliphatic hydroxyl groups is 1. The molecule has 2 aliphatic rings. The van der Waals surface area contributed by atoms with Crippen molar-refractivity contribution in [2.75, 3.05) is 52.6 Å². The fourth-order valence-electron chi connectivity index (χ4n) is 5.48. The third kappa shape index (κ3) is 7.92. The van der Waals surface area contributed by atoms with Crippen LogP contribution in [0.3, 0.4) is 0 Å². The summed E-state index contributed by atoms with van der Waals surface area (Å²) in [5.41, 5.74) is 2.22. The lowest BCUT2D eigenvalue weighted by Gasteiger charge is -2.29. The summed E-state index contributed by atoms with van der Waals surface area (Å²) in [4.78, 5) is 30.8. The first-order chi connectivity index (χ1) is 20.4. The number of aryl methyl sites for hydroxylation is 1. The Morgan fingerprint density at radius 1 is 0.905 bits per heavy atom. The van der Waals surface area contributed by atoms with Crippen LogP contribution < -0.4 is 9.47 Å². The van der Waals surface area contributed by atoms with E-state index in [2.05, 4.69) is 18.7 Å². The Kier molecular flexibility index (Phi) is 11.8. The van der Waals surface area contributed by atoms with Gasteiger partial charge in [0.2, 0.25) is 0 Å². The molecule has 1 amide bonds. The summed E-state index contributed by atoms with van der Waals surface area (Å²) in [5, 5.41) is 11.5. The minimum Gasteiger partial charge on any atom is -0.507 e. The number of rotatable bonds is 15. The fraction of sp³-hybridized carbons (Fsp3) is 0.529. The van der Waals surface area contributed by atoms with Crippen molar-refractivity contribution in [2.45, 2.75) is 65.3 Å². The van der Waals surface area contributed by atoms with Gasteiger partial charge in [0.05, 0.1) is 38.0 Å². The molecular formula is C34H46N2O6. The van der Waals surface area contributed by atoms with Crippen LogP contribution in [0, 0.1) is 6.92 Å². The van der Waals surface area contributed by atoms with E-state index in [1.54, 1.807) is 11.0 Å². The number of carbonyl (C=O) groups is 2. The van der Waals surface area contributed by atoms with Gasteiger partial charge < -0.3 is 24.2 Å². The number of amides is 1. The molecule has 0 spiro atoms. The Labute approximate surface area is 250 Å². The van der Waals surface area contributed by atoms with Gasteiger partial charge in [-0.2, -0.15) is 0 Å². The third-order valence-electron chi connectivity index (χ3n) is 7.93. The summed E-state index contributed by atoms with van der Waals surface area (Å²) in [6.07, 6.45) is 5.94. The van der Waals surface area contributed by atoms with Gasteiger partial charge in [-0.1, -0.05) is 45.2 Å². The van der Waals surface area contributed by atoms with E-state index in [9.17, 15) is 14.7 Å². The molecule has 2 saturated heterocycles. The van der Waals surface area contributed by atoms with Gasteiger partial charge in [0.15, 0.2) is 0 Å². The third-order valence-corrected chi connectivity index (χ3v) is 7.93. The molecule has 2 heterocycles. The van der Waals surface area contributed by atoms with Crippen LogP contribution in [0.1, 0.15) is 75.1 Å². The maximum atomic E-state index is 13.5. The van der Waals surface area contributed by atoms with E-state index in [0.29, 0.717) is 45.0 Å². The summed E-state index contributed by atoms with van der Waals surface area (Å²) in [5.74, 6) is 0.0736. The SMILES string of the molecule is CCCCCOc1ccc(C2/C(=C(\O)c3ccc(OCCCC)c(C)c3)C(=O)C(=O)N2CCCN2CCOCC2)cc1. The molecule has 228 valence electrons. The molecule has 0 bridgehead atoms. The Bertz CT molecular complexity index is 1220. The zero-order valence-corrected chi connectivity index (χ0v) is 25.4. The van der Waals surface area contributed by atoms with Crippen molar-refractivity contribution in [1.29, 1.82) is 0 Å². The Morgan fingerprint density at radius 2 is 1.62 bits per heavy atom. The molecule has 8 heteroatoms. The average Bonchev–Trinajstić information content (AvgIpc) is 3.26. The number of likely N-dealkylation sites (tertiary alicyclic amines) is 1. The summed E-state index contributed by atoms with van der Waals surface area (Å²) in [6, 6.07) is 12.2. The molecule has 2 fully saturated rings. The van der Waals surface area contributed by atoms with E-state index in [1.807, 2.05) is 43.3 Å². The van der Waals surface area contributed by atoms with Crippen molar-refractivity contribution in [2.24, 2.45) is 0 Å². The van der Waals surface area contributed by atoms with Crippen LogP contribution in [0.2, 0.25) is 0 Å². The van der Waals surface area contributed by atoms with Gasteiger partial charge >= 0.3 is 0 Å². The largest absolute Gasteiger partial charge is 0.507 e. The van der Waals surface area contributed by atoms with E-state index in [-0.39, 0.29) is 11.3 Å². The fourth-order valence-corrected chi connectivity index (χ4v) is 5.48. The molecule has 42 heavy (non-hydrogen) atoms. The van der Waals surface area contributed by atoms with E-state index in [1.165, 1.54) is 0 Å².